The number of rotatable bonds is 7. The maximum absolute atomic E-state index is 13.1. The summed E-state index contributed by atoms with van der Waals surface area (Å²) in [7, 11) is 0. The molecule has 9 heteroatoms. The molecule has 2 aromatic rings. The van der Waals surface area contributed by atoms with Crippen LogP contribution in [0.5, 0.6) is 0 Å². The summed E-state index contributed by atoms with van der Waals surface area (Å²) in [6.07, 6.45) is 3.86. The Labute approximate surface area is 202 Å². The van der Waals surface area contributed by atoms with Crippen molar-refractivity contribution in [1.82, 2.24) is 10.6 Å². The van der Waals surface area contributed by atoms with Crippen LogP contribution in [0.2, 0.25) is 0 Å². The summed E-state index contributed by atoms with van der Waals surface area (Å²) in [5, 5.41) is 5.68. The van der Waals surface area contributed by atoms with E-state index in [-0.39, 0.29) is 35.1 Å². The third kappa shape index (κ3) is 4.82. The first-order valence-corrected chi connectivity index (χ1v) is 11.9. The number of imide groups is 1. The number of nitrogens with zero attached hydrogens (tertiary/aromatic N) is 1. The van der Waals surface area contributed by atoms with Crippen molar-refractivity contribution >= 4 is 29.3 Å². The molecule has 0 bridgehead atoms. The summed E-state index contributed by atoms with van der Waals surface area (Å²) >= 11 is 0. The molecule has 5 rings (SSSR count). The van der Waals surface area contributed by atoms with Gasteiger partial charge in [-0.1, -0.05) is 0 Å². The molecule has 3 aliphatic rings. The minimum absolute atomic E-state index is 0.00757. The highest BCUT2D eigenvalue weighted by Crippen LogP contribution is 2.29. The number of anilines is 1. The van der Waals surface area contributed by atoms with Gasteiger partial charge in [0.1, 0.15) is 0 Å². The van der Waals surface area contributed by atoms with Crippen molar-refractivity contribution in [2.24, 2.45) is 0 Å². The average Bonchev–Trinajstić information content (AvgIpc) is 3.64. The SMILES string of the molecule is O=C(NC[C@H]1CCCO1)c1ccc2c(c1)C(=O)N(c1ccc(C(=O)NC[C@@H]3CCCO3)cc1)C2=O. The van der Waals surface area contributed by atoms with Crippen molar-refractivity contribution in [2.75, 3.05) is 31.2 Å². The molecule has 182 valence electrons. The molecule has 2 atom stereocenters. The van der Waals surface area contributed by atoms with Crippen molar-refractivity contribution in [3.63, 3.8) is 0 Å². The quantitative estimate of drug-likeness (QED) is 0.592. The van der Waals surface area contributed by atoms with Gasteiger partial charge in [-0.2, -0.15) is 0 Å². The van der Waals surface area contributed by atoms with Gasteiger partial charge in [0.15, 0.2) is 0 Å². The van der Waals surface area contributed by atoms with Crippen molar-refractivity contribution in [1.29, 1.82) is 0 Å². The van der Waals surface area contributed by atoms with Gasteiger partial charge in [0.2, 0.25) is 0 Å². The fraction of sp³-hybridized carbons (Fsp3) is 0.385. The second-order valence-electron chi connectivity index (χ2n) is 8.94. The van der Waals surface area contributed by atoms with Gasteiger partial charge in [-0.3, -0.25) is 19.2 Å². The molecule has 0 spiro atoms. The molecule has 0 unspecified atom stereocenters. The van der Waals surface area contributed by atoms with Gasteiger partial charge < -0.3 is 20.1 Å². The molecule has 3 heterocycles. The molecule has 2 saturated heterocycles. The fourth-order valence-corrected chi connectivity index (χ4v) is 4.61. The lowest BCUT2D eigenvalue weighted by Crippen LogP contribution is -2.32. The minimum atomic E-state index is -0.505. The molecule has 3 aliphatic heterocycles. The van der Waals surface area contributed by atoms with Gasteiger partial charge in [-0.05, 0) is 68.1 Å². The summed E-state index contributed by atoms with van der Waals surface area (Å²) in [4.78, 5) is 52.1. The van der Waals surface area contributed by atoms with Crippen LogP contribution < -0.4 is 15.5 Å². The van der Waals surface area contributed by atoms with Crippen LogP contribution in [-0.4, -0.2) is 62.1 Å². The lowest BCUT2D eigenvalue weighted by atomic mass is 10.1. The summed E-state index contributed by atoms with van der Waals surface area (Å²) in [6, 6.07) is 10.8. The van der Waals surface area contributed by atoms with Crippen LogP contribution in [-0.2, 0) is 9.47 Å². The van der Waals surface area contributed by atoms with E-state index in [9.17, 15) is 19.2 Å². The summed E-state index contributed by atoms with van der Waals surface area (Å²) in [5.74, 6) is -1.53. The number of amides is 4. The Hall–Kier alpha value is -3.56. The van der Waals surface area contributed by atoms with Gasteiger partial charge >= 0.3 is 0 Å². The second kappa shape index (κ2) is 9.97. The Morgan fingerprint density at radius 2 is 1.31 bits per heavy atom. The Bertz CT molecular complexity index is 1150. The Morgan fingerprint density at radius 3 is 1.89 bits per heavy atom. The first-order valence-electron chi connectivity index (χ1n) is 11.9. The lowest BCUT2D eigenvalue weighted by molar-refractivity contribution is 0.0854. The van der Waals surface area contributed by atoms with Crippen molar-refractivity contribution in [3.05, 3.63) is 64.7 Å². The number of nitrogens with one attached hydrogen (secondary N) is 2. The van der Waals surface area contributed by atoms with Gasteiger partial charge in [0, 0.05) is 37.4 Å². The lowest BCUT2D eigenvalue weighted by Gasteiger charge is -2.15. The summed E-state index contributed by atoms with van der Waals surface area (Å²) in [6.45, 7) is 2.27. The molecular formula is C26H27N3O6. The Morgan fingerprint density at radius 1 is 0.771 bits per heavy atom. The van der Waals surface area contributed by atoms with Gasteiger partial charge in [0.05, 0.1) is 29.0 Å². The number of benzene rings is 2. The Balaban J connectivity index is 1.25. The topological polar surface area (TPSA) is 114 Å². The van der Waals surface area contributed by atoms with E-state index in [1.165, 1.54) is 12.1 Å². The van der Waals surface area contributed by atoms with Crippen molar-refractivity contribution in [2.45, 2.75) is 37.9 Å². The van der Waals surface area contributed by atoms with Gasteiger partial charge in [-0.25, -0.2) is 4.90 Å². The predicted octanol–water partition coefficient (Wildman–Crippen LogP) is 2.30. The van der Waals surface area contributed by atoms with E-state index in [1.807, 2.05) is 0 Å². The van der Waals surface area contributed by atoms with E-state index in [1.54, 1.807) is 30.3 Å². The largest absolute Gasteiger partial charge is 0.376 e. The monoisotopic (exact) mass is 477 g/mol. The molecule has 0 radical (unpaired) electrons. The molecule has 2 N–H and O–H groups in total. The van der Waals surface area contributed by atoms with Crippen molar-refractivity contribution < 1.29 is 28.7 Å². The van der Waals surface area contributed by atoms with E-state index in [0.29, 0.717) is 36.5 Å². The number of hydrogen-bond acceptors (Lipinski definition) is 6. The van der Waals surface area contributed by atoms with Crippen LogP contribution >= 0.6 is 0 Å². The molecule has 2 fully saturated rings. The first-order chi connectivity index (χ1) is 17.0. The van der Waals surface area contributed by atoms with Gasteiger partial charge in [-0.15, -0.1) is 0 Å². The van der Waals surface area contributed by atoms with E-state index < -0.39 is 11.8 Å². The van der Waals surface area contributed by atoms with Crippen LogP contribution in [0.25, 0.3) is 0 Å². The normalized spacial score (nSPS) is 21.3. The second-order valence-corrected chi connectivity index (χ2v) is 8.94. The highest BCUT2D eigenvalue weighted by Gasteiger charge is 2.37. The van der Waals surface area contributed by atoms with Crippen molar-refractivity contribution in [3.8, 4) is 0 Å². The molecule has 0 aliphatic carbocycles. The minimum Gasteiger partial charge on any atom is -0.376 e. The fourth-order valence-electron chi connectivity index (χ4n) is 4.61. The summed E-state index contributed by atoms with van der Waals surface area (Å²) in [5.41, 5.74) is 1.51. The zero-order valence-electron chi connectivity index (χ0n) is 19.2. The van der Waals surface area contributed by atoms with Crippen LogP contribution in [0, 0.1) is 0 Å². The van der Waals surface area contributed by atoms with E-state index in [2.05, 4.69) is 10.6 Å². The predicted molar refractivity (Wildman–Crippen MR) is 127 cm³/mol. The van der Waals surface area contributed by atoms with Crippen LogP contribution in [0.1, 0.15) is 67.1 Å². The molecule has 2 aromatic carbocycles. The Kier molecular flexibility index (Phi) is 6.61. The van der Waals surface area contributed by atoms with E-state index >= 15 is 0 Å². The number of ether oxygens (including phenoxy) is 2. The standard InChI is InChI=1S/C26H27N3O6/c30-23(27-14-19-3-1-11-34-19)16-5-8-18(9-6-16)29-25(32)21-10-7-17(13-22(21)26(29)33)24(31)28-15-20-4-2-12-35-20/h5-10,13,19-20H,1-4,11-12,14-15H2,(H,27,30)(H,28,31)/t19-,20+/m0/s1. The smallest absolute Gasteiger partial charge is 0.266 e. The zero-order chi connectivity index (χ0) is 24.4. The molecule has 0 aromatic heterocycles. The van der Waals surface area contributed by atoms with Crippen LogP contribution in [0.4, 0.5) is 5.69 Å². The number of carbonyl (C=O) groups is 4. The maximum atomic E-state index is 13.1. The number of fused-ring (bicyclic) bond motifs is 1. The van der Waals surface area contributed by atoms with Gasteiger partial charge in [0.25, 0.3) is 23.6 Å². The molecule has 35 heavy (non-hydrogen) atoms. The zero-order valence-corrected chi connectivity index (χ0v) is 19.2. The average molecular weight is 478 g/mol. The molecule has 0 saturated carbocycles. The third-order valence-corrected chi connectivity index (χ3v) is 6.57. The third-order valence-electron chi connectivity index (χ3n) is 6.57. The molecular weight excluding hydrogens is 450 g/mol. The molecule has 4 amide bonds. The number of hydrogen-bond donors (Lipinski definition) is 2. The van der Waals surface area contributed by atoms with Crippen LogP contribution in [0.3, 0.4) is 0 Å². The highest BCUT2D eigenvalue weighted by atomic mass is 16.5. The van der Waals surface area contributed by atoms with Crippen LogP contribution in [0.15, 0.2) is 42.5 Å². The highest BCUT2D eigenvalue weighted by molar-refractivity contribution is 6.34. The van der Waals surface area contributed by atoms with E-state index in [0.717, 1.165) is 37.2 Å². The molecule has 9 nitrogen and oxygen atoms in total. The first kappa shape index (κ1) is 23.2. The summed E-state index contributed by atoms with van der Waals surface area (Å²) < 4.78 is 11.0. The van der Waals surface area contributed by atoms with E-state index in [4.69, 9.17) is 9.47 Å². The number of carbonyl (C=O) groups excluding carboxylic acids is 4. The maximum Gasteiger partial charge on any atom is 0.266 e.